The molecule has 1 unspecified atom stereocenters. The number of hydrogen-bond donors (Lipinski definition) is 0. The quantitative estimate of drug-likeness (QED) is 0.478. The van der Waals surface area contributed by atoms with Crippen molar-refractivity contribution < 1.29 is 30.4 Å². The van der Waals surface area contributed by atoms with E-state index >= 15 is 0 Å². The van der Waals surface area contributed by atoms with Gasteiger partial charge in [0.15, 0.2) is 0 Å². The van der Waals surface area contributed by atoms with Crippen LogP contribution in [0.25, 0.3) is 0 Å². The fourth-order valence-corrected chi connectivity index (χ4v) is 9.29. The van der Waals surface area contributed by atoms with E-state index in [4.69, 9.17) is 4.74 Å². The zero-order valence-electron chi connectivity index (χ0n) is 21.7. The Morgan fingerprint density at radius 2 is 2.00 bits per heavy atom. The Bertz CT molecular complexity index is 1270. The zero-order chi connectivity index (χ0) is 25.8. The van der Waals surface area contributed by atoms with Gasteiger partial charge in [-0.2, -0.15) is 0 Å². The molecule has 0 radical (unpaired) electrons. The maximum atomic E-state index is 14.5. The van der Waals surface area contributed by atoms with Gasteiger partial charge in [0.1, 0.15) is 0 Å². The number of benzene rings is 1. The third-order valence-corrected chi connectivity index (χ3v) is 10.6. The monoisotopic (exact) mass is 671 g/mol. The van der Waals surface area contributed by atoms with E-state index in [2.05, 4.69) is 46.6 Å². The number of nitrogens with zero attached hydrogens (tertiary/aromatic N) is 5. The summed E-state index contributed by atoms with van der Waals surface area (Å²) in [7, 11) is 2.11. The van der Waals surface area contributed by atoms with Crippen LogP contribution in [0.2, 0.25) is 0 Å². The minimum atomic E-state index is -1.00. The molecule has 7 nitrogen and oxygen atoms in total. The molecule has 9 heteroatoms. The van der Waals surface area contributed by atoms with Crippen molar-refractivity contribution in [2.24, 2.45) is 0 Å². The van der Waals surface area contributed by atoms with Gasteiger partial charge >= 0.3 is 220 Å². The molecule has 36 heavy (non-hydrogen) atoms. The summed E-state index contributed by atoms with van der Waals surface area (Å²) in [6.07, 6.45) is 5.38. The topological polar surface area (TPSA) is 52.2 Å². The van der Waals surface area contributed by atoms with Crippen LogP contribution in [0.3, 0.4) is 0 Å². The van der Waals surface area contributed by atoms with Gasteiger partial charge in [0.25, 0.3) is 0 Å². The first-order valence-corrected chi connectivity index (χ1v) is 15.0. The Morgan fingerprint density at radius 3 is 2.72 bits per heavy atom. The van der Waals surface area contributed by atoms with Crippen LogP contribution in [0.1, 0.15) is 53.0 Å². The van der Waals surface area contributed by atoms with Gasteiger partial charge in [-0.25, -0.2) is 0 Å². The summed E-state index contributed by atoms with van der Waals surface area (Å²) in [5, 5.41) is 0. The van der Waals surface area contributed by atoms with E-state index in [1.165, 1.54) is 8.50 Å². The number of ether oxygens (including phenoxy) is 1. The summed E-state index contributed by atoms with van der Waals surface area (Å²) in [4.78, 5) is 26.2. The first-order chi connectivity index (χ1) is 17.0. The molecule has 194 valence electrons. The predicted octanol–water partition coefficient (Wildman–Crippen LogP) is 4.58. The third-order valence-electron chi connectivity index (χ3n) is 6.72. The number of amides is 1. The van der Waals surface area contributed by atoms with Gasteiger partial charge in [0.05, 0.1) is 0 Å². The molecule has 0 spiro atoms. The molecule has 0 bridgehead atoms. The number of pyridine rings is 1. The van der Waals surface area contributed by atoms with Crippen molar-refractivity contribution in [2.45, 2.75) is 65.1 Å². The molecule has 1 atom stereocenters. The molecule has 3 aliphatic rings. The molecular weight excluding hydrogens is 636 g/mol. The Labute approximate surface area is 219 Å². The van der Waals surface area contributed by atoms with Crippen LogP contribution in [0.15, 0.2) is 36.7 Å². The molecule has 1 amide bonds. The van der Waals surface area contributed by atoms with Crippen molar-refractivity contribution in [3.8, 4) is 0 Å². The van der Waals surface area contributed by atoms with E-state index in [1.54, 1.807) is 12.1 Å². The van der Waals surface area contributed by atoms with E-state index in [0.29, 0.717) is 19.1 Å². The maximum absolute atomic E-state index is 14.5. The fraction of sp³-hybridized carbons (Fsp3) is 0.481. The second-order valence-electron chi connectivity index (χ2n) is 10.8. The Kier molecular flexibility index (Phi) is 6.59. The van der Waals surface area contributed by atoms with Gasteiger partial charge in [-0.15, -0.1) is 0 Å². The van der Waals surface area contributed by atoms with Crippen LogP contribution in [0.4, 0.5) is 26.2 Å². The standard InChI is InChI=1S/C27H34FN5O2.Os/c1-19(2)30(6)16-20-14-21(28)9-10-23(20)33-18-32(24-11-12-29-15-25(24)33)22-8-7-13-31(17-22)26(34)35-27(3,4)5;/h9-12,14-15,19,22H,7-8,13,17H2,1-6H3;. The van der Waals surface area contributed by atoms with Gasteiger partial charge in [0, 0.05) is 0 Å². The molecule has 4 heterocycles. The first kappa shape index (κ1) is 25.2. The van der Waals surface area contributed by atoms with Crippen molar-refractivity contribution in [1.29, 1.82) is 0 Å². The molecule has 5 rings (SSSR count). The number of anilines is 3. The molecule has 0 saturated carbocycles. The second kappa shape index (κ2) is 9.43. The molecule has 1 saturated heterocycles. The van der Waals surface area contributed by atoms with Crippen molar-refractivity contribution in [3.63, 3.8) is 0 Å². The molecule has 0 N–H and O–H groups in total. The number of carbonyl (C=O) groups excluding carboxylic acids is 1. The van der Waals surface area contributed by atoms with Crippen LogP contribution >= 0.6 is 0 Å². The molecule has 2 aromatic rings. The number of halogens is 1. The summed E-state index contributed by atoms with van der Waals surface area (Å²) in [5.41, 5.74) is 3.56. The SMILES string of the molecule is CC(C)N(C)[C]1=[Os]=[C]2N(c3ccc(F)cc31)c1cnccc1N2C1CCCN(C(=O)OC(C)(C)C)C1. The van der Waals surface area contributed by atoms with E-state index < -0.39 is 22.1 Å². The number of likely N-dealkylation sites (tertiary alicyclic amines) is 1. The predicted molar refractivity (Wildman–Crippen MR) is 138 cm³/mol. The fourth-order valence-electron chi connectivity index (χ4n) is 4.82. The van der Waals surface area contributed by atoms with Crippen LogP contribution in [0.5, 0.6) is 0 Å². The van der Waals surface area contributed by atoms with Crippen molar-refractivity contribution in [1.82, 2.24) is 14.8 Å². The summed E-state index contributed by atoms with van der Waals surface area (Å²) < 4.78 is 22.7. The number of carbonyl (C=O) groups is 1. The Balaban J connectivity index is 1.62. The number of aromatic nitrogens is 1. The van der Waals surface area contributed by atoms with Gasteiger partial charge < -0.3 is 0 Å². The van der Waals surface area contributed by atoms with Crippen molar-refractivity contribution >= 4 is 31.7 Å². The van der Waals surface area contributed by atoms with Gasteiger partial charge in [-0.3, -0.25) is 0 Å². The van der Waals surface area contributed by atoms with Crippen LogP contribution < -0.4 is 9.80 Å². The van der Waals surface area contributed by atoms with E-state index in [1.807, 2.05) is 44.1 Å². The van der Waals surface area contributed by atoms with E-state index in [9.17, 15) is 9.18 Å². The first-order valence-electron chi connectivity index (χ1n) is 12.5. The summed E-state index contributed by atoms with van der Waals surface area (Å²) >= 11 is -1.00. The Hall–Kier alpha value is -2.49. The molecule has 1 aromatic heterocycles. The number of fused-ring (bicyclic) bond motifs is 5. The third kappa shape index (κ3) is 4.52. The Morgan fingerprint density at radius 1 is 1.22 bits per heavy atom. The summed E-state index contributed by atoms with van der Waals surface area (Å²) in [6, 6.07) is 7.60. The van der Waals surface area contributed by atoms with Gasteiger partial charge in [-0.05, 0) is 0 Å². The minimum absolute atomic E-state index is 0.132. The van der Waals surface area contributed by atoms with Crippen molar-refractivity contribution in [3.05, 3.63) is 48.0 Å². The van der Waals surface area contributed by atoms with Crippen LogP contribution in [-0.2, 0) is 21.2 Å². The number of hydrogen-bond acceptors (Lipinski definition) is 6. The van der Waals surface area contributed by atoms with E-state index in [0.717, 1.165) is 35.5 Å². The van der Waals surface area contributed by atoms with Crippen LogP contribution in [-0.4, -0.2) is 67.2 Å². The second-order valence-corrected chi connectivity index (χ2v) is 13.8. The average Bonchev–Trinajstić information content (AvgIpc) is 3.16. The molecule has 3 aliphatic heterocycles. The molecule has 1 aromatic carbocycles. The summed E-state index contributed by atoms with van der Waals surface area (Å²) in [5.74, 6) is -0.219. The normalized spacial score (nSPS) is 19.6. The number of piperidine rings is 1. The van der Waals surface area contributed by atoms with E-state index in [-0.39, 0.29) is 18.0 Å². The van der Waals surface area contributed by atoms with Gasteiger partial charge in [-0.1, -0.05) is 0 Å². The average molecular weight is 670 g/mol. The van der Waals surface area contributed by atoms with Crippen LogP contribution in [0, 0.1) is 5.82 Å². The molecular formula is C27H34FN5O2Os. The zero-order valence-corrected chi connectivity index (χ0v) is 24.3. The summed E-state index contributed by atoms with van der Waals surface area (Å²) in [6.45, 7) is 11.4. The van der Waals surface area contributed by atoms with Crippen molar-refractivity contribution in [2.75, 3.05) is 29.9 Å². The number of rotatable bonds is 3. The van der Waals surface area contributed by atoms with Gasteiger partial charge in [0.2, 0.25) is 0 Å². The molecule has 1 fully saturated rings. The molecule has 0 aliphatic carbocycles.